The van der Waals surface area contributed by atoms with Crippen molar-refractivity contribution in [2.75, 3.05) is 6.61 Å². The van der Waals surface area contributed by atoms with Crippen molar-refractivity contribution in [3.8, 4) is 22.6 Å². The monoisotopic (exact) mass is 484 g/mol. The van der Waals surface area contributed by atoms with E-state index < -0.39 is 17.5 Å². The first-order valence-electron chi connectivity index (χ1n) is 10.8. The minimum atomic E-state index is -0.900. The van der Waals surface area contributed by atoms with E-state index in [9.17, 15) is 14.7 Å². The number of benzene rings is 3. The molecular formula is C26H25N2NaO6. The van der Waals surface area contributed by atoms with Crippen LogP contribution in [0.3, 0.4) is 0 Å². The van der Waals surface area contributed by atoms with Crippen LogP contribution in [0.4, 0.5) is 0 Å². The quantitative estimate of drug-likeness (QED) is 0.337. The molecule has 8 nitrogen and oxygen atoms in total. The molecule has 176 valence electrons. The van der Waals surface area contributed by atoms with Gasteiger partial charge in [-0.3, -0.25) is 9.53 Å². The Balaban J connectivity index is 0.00000342. The molecule has 0 unspecified atom stereocenters. The Hall–Kier alpha value is -3.04. The number of hydrogen-bond donors (Lipinski definition) is 1. The molecule has 1 atom stereocenters. The SMILES string of the molecule is Cc1cc(OC[C@H](C)O)ccc1-c1cccc(COc2ccc(Cn3oc(=O)[n-]c3=O)cc2)c1.[Na+]. The second-order valence-electron chi connectivity index (χ2n) is 8.06. The van der Waals surface area contributed by atoms with Crippen LogP contribution in [0.2, 0.25) is 0 Å². The van der Waals surface area contributed by atoms with Crippen molar-refractivity contribution >= 4 is 0 Å². The van der Waals surface area contributed by atoms with Crippen molar-refractivity contribution in [1.29, 1.82) is 0 Å². The fourth-order valence-corrected chi connectivity index (χ4v) is 3.51. The maximum absolute atomic E-state index is 11.5. The summed E-state index contributed by atoms with van der Waals surface area (Å²) in [6.07, 6.45) is -0.516. The third-order valence-corrected chi connectivity index (χ3v) is 5.17. The van der Waals surface area contributed by atoms with E-state index in [1.807, 2.05) is 37.3 Å². The minimum absolute atomic E-state index is 0. The molecule has 1 aromatic heterocycles. The molecule has 0 saturated carbocycles. The molecule has 4 rings (SSSR count). The molecule has 0 aliphatic carbocycles. The van der Waals surface area contributed by atoms with Crippen LogP contribution in [-0.2, 0) is 13.2 Å². The van der Waals surface area contributed by atoms with Crippen LogP contribution in [0, 0.1) is 6.92 Å². The van der Waals surface area contributed by atoms with E-state index in [1.54, 1.807) is 31.2 Å². The predicted octanol–water partition coefficient (Wildman–Crippen LogP) is 0.125. The average molecular weight is 484 g/mol. The van der Waals surface area contributed by atoms with E-state index in [-0.39, 0.29) is 42.7 Å². The van der Waals surface area contributed by atoms with Gasteiger partial charge in [0.2, 0.25) is 0 Å². The summed E-state index contributed by atoms with van der Waals surface area (Å²) in [7, 11) is 0. The van der Waals surface area contributed by atoms with Gasteiger partial charge in [-0.05, 0) is 72.0 Å². The Bertz CT molecular complexity index is 1370. The van der Waals surface area contributed by atoms with Crippen LogP contribution >= 0.6 is 0 Å². The van der Waals surface area contributed by atoms with E-state index in [2.05, 4.69) is 17.1 Å². The van der Waals surface area contributed by atoms with E-state index in [4.69, 9.17) is 14.0 Å². The summed E-state index contributed by atoms with van der Waals surface area (Å²) < 4.78 is 17.2. The van der Waals surface area contributed by atoms with Crippen molar-refractivity contribution in [3.05, 3.63) is 104 Å². The van der Waals surface area contributed by atoms with Crippen LogP contribution in [0.15, 0.2) is 80.8 Å². The maximum Gasteiger partial charge on any atom is 1.00 e. The van der Waals surface area contributed by atoms with Gasteiger partial charge in [-0.2, -0.15) is 0 Å². The number of aryl methyl sites for hydroxylation is 1. The number of nitrogens with zero attached hydrogens (tertiary/aromatic N) is 2. The summed E-state index contributed by atoms with van der Waals surface area (Å²) in [6.45, 7) is 4.49. The topological polar surface area (TPSA) is 105 Å². The Morgan fingerprint density at radius 3 is 2.37 bits per heavy atom. The molecule has 0 fully saturated rings. The average Bonchev–Trinajstić information content (AvgIpc) is 3.13. The van der Waals surface area contributed by atoms with Crippen molar-refractivity contribution in [3.63, 3.8) is 0 Å². The zero-order valence-electron chi connectivity index (χ0n) is 19.9. The zero-order chi connectivity index (χ0) is 24.1. The summed E-state index contributed by atoms with van der Waals surface area (Å²) in [6, 6.07) is 21.2. The first-order chi connectivity index (χ1) is 16.4. The zero-order valence-corrected chi connectivity index (χ0v) is 21.9. The minimum Gasteiger partial charge on any atom is -0.491 e. The Labute approximate surface area is 224 Å². The smallest absolute Gasteiger partial charge is 0.491 e. The second kappa shape index (κ2) is 12.1. The molecule has 0 bridgehead atoms. The van der Waals surface area contributed by atoms with Crippen molar-refractivity contribution in [1.82, 2.24) is 9.72 Å². The molecule has 35 heavy (non-hydrogen) atoms. The van der Waals surface area contributed by atoms with E-state index in [1.165, 1.54) is 0 Å². The first kappa shape index (κ1) is 26.6. The number of hydrogen-bond acceptors (Lipinski definition) is 6. The summed E-state index contributed by atoms with van der Waals surface area (Å²) in [5, 5.41) is 9.40. The van der Waals surface area contributed by atoms with Crippen molar-refractivity contribution in [2.24, 2.45) is 0 Å². The molecule has 0 aliphatic heterocycles. The van der Waals surface area contributed by atoms with E-state index in [0.717, 1.165) is 38.3 Å². The molecule has 0 aliphatic rings. The Morgan fingerprint density at radius 2 is 1.71 bits per heavy atom. The molecular weight excluding hydrogens is 459 g/mol. The van der Waals surface area contributed by atoms with Crippen LogP contribution in [0.1, 0.15) is 23.6 Å². The van der Waals surface area contributed by atoms with Gasteiger partial charge in [0.1, 0.15) is 24.7 Å². The van der Waals surface area contributed by atoms with Gasteiger partial charge in [-0.25, -0.2) is 4.79 Å². The van der Waals surface area contributed by atoms with Gasteiger partial charge in [0.05, 0.1) is 6.10 Å². The molecule has 1 heterocycles. The summed E-state index contributed by atoms with van der Waals surface area (Å²) in [5.41, 5.74) is 4.34. The van der Waals surface area contributed by atoms with Crippen LogP contribution in [-0.4, -0.2) is 22.6 Å². The van der Waals surface area contributed by atoms with Crippen LogP contribution in [0.25, 0.3) is 11.1 Å². The number of rotatable bonds is 9. The third kappa shape index (κ3) is 7.22. The predicted molar refractivity (Wildman–Crippen MR) is 126 cm³/mol. The fourth-order valence-electron chi connectivity index (χ4n) is 3.51. The summed E-state index contributed by atoms with van der Waals surface area (Å²) in [5.74, 6) is 0.508. The molecule has 0 saturated heterocycles. The van der Waals surface area contributed by atoms with Gasteiger partial charge in [-0.1, -0.05) is 36.4 Å². The largest absolute Gasteiger partial charge is 1.00 e. The van der Waals surface area contributed by atoms with Crippen molar-refractivity contribution < 1.29 is 48.7 Å². The molecule has 0 amide bonds. The summed E-state index contributed by atoms with van der Waals surface area (Å²) in [4.78, 5) is 25.7. The van der Waals surface area contributed by atoms with Gasteiger partial charge >= 0.3 is 35.3 Å². The maximum atomic E-state index is 11.5. The number of aliphatic hydroxyl groups is 1. The number of aromatic nitrogens is 2. The Kier molecular flexibility index (Phi) is 9.17. The summed E-state index contributed by atoms with van der Waals surface area (Å²) >= 11 is 0. The molecule has 1 N–H and O–H groups in total. The first-order valence-corrected chi connectivity index (χ1v) is 10.8. The number of aliphatic hydroxyl groups excluding tert-OH is 1. The van der Waals surface area contributed by atoms with Gasteiger partial charge in [0, 0.05) is 6.54 Å². The van der Waals surface area contributed by atoms with Crippen molar-refractivity contribution in [2.45, 2.75) is 33.1 Å². The second-order valence-corrected chi connectivity index (χ2v) is 8.06. The molecule has 4 aromatic rings. The van der Waals surface area contributed by atoms with Gasteiger partial charge in [-0.15, -0.1) is 0 Å². The molecule has 0 radical (unpaired) electrons. The van der Waals surface area contributed by atoms with E-state index in [0.29, 0.717) is 12.4 Å². The van der Waals surface area contributed by atoms with Crippen LogP contribution in [0.5, 0.6) is 11.5 Å². The molecule has 9 heteroatoms. The Morgan fingerprint density at radius 1 is 0.971 bits per heavy atom. The standard InChI is InChI=1S/C26H26N2O6.Na/c1-17-12-23(32-15-18(2)29)10-11-24(17)21-5-3-4-20(13-21)16-33-22-8-6-19(7-9-22)14-28-25(30)27-26(31)34-28;/h3-13,18,29H,14-16H2,1-2H3,(H,27,30,31);/q;+1/p-1/t18-;/m0./s1. The molecule has 0 spiro atoms. The van der Waals surface area contributed by atoms with Gasteiger partial charge in [0.15, 0.2) is 5.69 Å². The fraction of sp³-hybridized carbons (Fsp3) is 0.231. The van der Waals surface area contributed by atoms with Crippen LogP contribution < -0.4 is 55.5 Å². The molecule has 3 aromatic carbocycles. The normalized spacial score (nSPS) is 11.5. The van der Waals surface area contributed by atoms with E-state index >= 15 is 0 Å². The van der Waals surface area contributed by atoms with Gasteiger partial charge < -0.3 is 24.1 Å². The number of ether oxygens (including phenoxy) is 2. The van der Waals surface area contributed by atoms with Gasteiger partial charge in [0.25, 0.3) is 0 Å². The third-order valence-electron chi connectivity index (χ3n) is 5.17.